The number of urea groups is 1. The van der Waals surface area contributed by atoms with Crippen LogP contribution in [0.3, 0.4) is 0 Å². The van der Waals surface area contributed by atoms with Crippen molar-refractivity contribution in [1.29, 1.82) is 0 Å². The molecule has 2 aromatic carbocycles. The maximum absolute atomic E-state index is 12.8. The average Bonchev–Trinajstić information content (AvgIpc) is 2.87. The first-order valence-corrected chi connectivity index (χ1v) is 8.58. The van der Waals surface area contributed by atoms with Crippen molar-refractivity contribution in [2.75, 3.05) is 30.9 Å². The Bertz CT molecular complexity index is 865. The summed E-state index contributed by atoms with van der Waals surface area (Å²) in [5.41, 5.74) is 1.10. The zero-order valence-electron chi connectivity index (χ0n) is 15.5. The molecule has 0 unspecified atom stereocenters. The van der Waals surface area contributed by atoms with E-state index >= 15 is 0 Å². The Balaban J connectivity index is 1.69. The smallest absolute Gasteiger partial charge is 0.325 e. The molecule has 140 valence electrons. The van der Waals surface area contributed by atoms with Gasteiger partial charge in [0.25, 0.3) is 5.91 Å². The van der Waals surface area contributed by atoms with Crippen molar-refractivity contribution in [1.82, 2.24) is 10.2 Å². The molecule has 1 heterocycles. The summed E-state index contributed by atoms with van der Waals surface area (Å²) in [6.07, 6.45) is 0. The Labute approximate surface area is 158 Å². The molecule has 0 spiro atoms. The van der Waals surface area contributed by atoms with E-state index in [1.807, 2.05) is 37.2 Å². The molecule has 1 aliphatic heterocycles. The minimum atomic E-state index is -1.17. The van der Waals surface area contributed by atoms with Gasteiger partial charge in [0, 0.05) is 25.5 Å². The minimum Gasteiger partial charge on any atom is -0.378 e. The number of nitrogens with zero attached hydrogens (tertiary/aromatic N) is 2. The number of carbonyl (C=O) groups is 3. The van der Waals surface area contributed by atoms with Crippen LogP contribution >= 0.6 is 0 Å². The molecule has 0 bridgehead atoms. The molecule has 0 aliphatic carbocycles. The molecule has 1 atom stereocenters. The Morgan fingerprint density at radius 3 is 2.30 bits per heavy atom. The fourth-order valence-electron chi connectivity index (χ4n) is 2.99. The molecule has 7 heteroatoms. The normalized spacial score (nSPS) is 19.0. The summed E-state index contributed by atoms with van der Waals surface area (Å²) in [4.78, 5) is 40.3. The highest BCUT2D eigenvalue weighted by Gasteiger charge is 2.49. The van der Waals surface area contributed by atoms with Gasteiger partial charge in [-0.05, 0) is 36.8 Å². The number of hydrogen-bond donors (Lipinski definition) is 2. The topological polar surface area (TPSA) is 81.8 Å². The number of hydrogen-bond acceptors (Lipinski definition) is 4. The van der Waals surface area contributed by atoms with Crippen LogP contribution in [-0.4, -0.2) is 43.4 Å². The van der Waals surface area contributed by atoms with E-state index < -0.39 is 23.4 Å². The van der Waals surface area contributed by atoms with Crippen molar-refractivity contribution in [3.05, 3.63) is 60.2 Å². The van der Waals surface area contributed by atoms with Gasteiger partial charge in [-0.25, -0.2) is 4.79 Å². The van der Waals surface area contributed by atoms with E-state index in [9.17, 15) is 14.4 Å². The number of rotatable bonds is 5. The van der Waals surface area contributed by atoms with Gasteiger partial charge >= 0.3 is 6.03 Å². The highest BCUT2D eigenvalue weighted by Crippen LogP contribution is 2.28. The lowest BCUT2D eigenvalue weighted by molar-refractivity contribution is -0.133. The molecule has 27 heavy (non-hydrogen) atoms. The zero-order chi connectivity index (χ0) is 19.6. The molecule has 4 amide bonds. The fourth-order valence-corrected chi connectivity index (χ4v) is 2.99. The molecule has 1 fully saturated rings. The van der Waals surface area contributed by atoms with E-state index in [4.69, 9.17) is 0 Å². The van der Waals surface area contributed by atoms with Crippen LogP contribution in [0.15, 0.2) is 54.6 Å². The van der Waals surface area contributed by atoms with Crippen molar-refractivity contribution < 1.29 is 14.4 Å². The molecule has 0 saturated carbocycles. The van der Waals surface area contributed by atoms with Gasteiger partial charge in [-0.3, -0.25) is 14.5 Å². The quantitative estimate of drug-likeness (QED) is 0.795. The van der Waals surface area contributed by atoms with Crippen molar-refractivity contribution in [3.8, 4) is 0 Å². The van der Waals surface area contributed by atoms with E-state index in [2.05, 4.69) is 10.6 Å². The Hall–Kier alpha value is -3.35. The van der Waals surface area contributed by atoms with Crippen LogP contribution < -0.4 is 15.5 Å². The predicted octanol–water partition coefficient (Wildman–Crippen LogP) is 2.16. The molecule has 0 radical (unpaired) electrons. The second-order valence-electron chi connectivity index (χ2n) is 6.80. The highest BCUT2D eigenvalue weighted by atomic mass is 16.2. The number of amides is 4. The predicted molar refractivity (Wildman–Crippen MR) is 103 cm³/mol. The lowest BCUT2D eigenvalue weighted by Crippen LogP contribution is -2.42. The number of benzene rings is 2. The van der Waals surface area contributed by atoms with Crippen molar-refractivity contribution in [2.45, 2.75) is 12.5 Å². The van der Waals surface area contributed by atoms with Gasteiger partial charge in [0.2, 0.25) is 5.91 Å². The standard InChI is InChI=1S/C20H22N4O3/c1-20(14-7-5-4-6-8-14)18(26)24(19(27)22-20)13-17(25)21-15-9-11-16(12-10-15)23(2)3/h4-12H,13H2,1-3H3,(H,21,25)(H,22,27)/t20-/m0/s1. The van der Waals surface area contributed by atoms with Crippen LogP contribution in [0.1, 0.15) is 12.5 Å². The van der Waals surface area contributed by atoms with Crippen LogP contribution in [0.5, 0.6) is 0 Å². The van der Waals surface area contributed by atoms with Crippen LogP contribution in [0.25, 0.3) is 0 Å². The summed E-state index contributed by atoms with van der Waals surface area (Å²) in [6, 6.07) is 15.7. The van der Waals surface area contributed by atoms with Crippen LogP contribution in [0.2, 0.25) is 0 Å². The summed E-state index contributed by atoms with van der Waals surface area (Å²) >= 11 is 0. The lowest BCUT2D eigenvalue weighted by atomic mass is 9.92. The third-order valence-corrected chi connectivity index (χ3v) is 4.60. The third-order valence-electron chi connectivity index (χ3n) is 4.60. The van der Waals surface area contributed by atoms with Crippen LogP contribution in [0, 0.1) is 0 Å². The lowest BCUT2D eigenvalue weighted by Gasteiger charge is -2.22. The van der Waals surface area contributed by atoms with Crippen molar-refractivity contribution in [2.24, 2.45) is 0 Å². The van der Waals surface area contributed by atoms with E-state index in [1.165, 1.54) is 0 Å². The molecular weight excluding hydrogens is 344 g/mol. The second kappa shape index (κ2) is 7.11. The van der Waals surface area contributed by atoms with E-state index in [1.54, 1.807) is 43.3 Å². The van der Waals surface area contributed by atoms with Gasteiger partial charge < -0.3 is 15.5 Å². The van der Waals surface area contributed by atoms with Crippen molar-refractivity contribution >= 4 is 29.2 Å². The molecule has 1 aliphatic rings. The highest BCUT2D eigenvalue weighted by molar-refractivity contribution is 6.10. The first kappa shape index (κ1) is 18.4. The Morgan fingerprint density at radius 1 is 1.07 bits per heavy atom. The van der Waals surface area contributed by atoms with E-state index in [0.717, 1.165) is 10.6 Å². The van der Waals surface area contributed by atoms with Crippen molar-refractivity contribution in [3.63, 3.8) is 0 Å². The summed E-state index contributed by atoms with van der Waals surface area (Å²) in [5, 5.41) is 5.40. The third kappa shape index (κ3) is 3.62. The molecule has 2 aromatic rings. The van der Waals surface area contributed by atoms with Gasteiger partial charge in [-0.15, -0.1) is 0 Å². The summed E-state index contributed by atoms with van der Waals surface area (Å²) in [7, 11) is 3.85. The monoisotopic (exact) mass is 366 g/mol. The SMILES string of the molecule is CN(C)c1ccc(NC(=O)CN2C(=O)N[C@@](C)(c3ccccc3)C2=O)cc1. The largest absolute Gasteiger partial charge is 0.378 e. The van der Waals surface area contributed by atoms with E-state index in [0.29, 0.717) is 11.3 Å². The van der Waals surface area contributed by atoms with Crippen LogP contribution in [0.4, 0.5) is 16.2 Å². The minimum absolute atomic E-state index is 0.345. The second-order valence-corrected chi connectivity index (χ2v) is 6.80. The first-order valence-electron chi connectivity index (χ1n) is 8.58. The molecule has 0 aromatic heterocycles. The number of anilines is 2. The number of carbonyl (C=O) groups excluding carboxylic acids is 3. The van der Waals surface area contributed by atoms with E-state index in [-0.39, 0.29) is 6.54 Å². The molecule has 7 nitrogen and oxygen atoms in total. The Morgan fingerprint density at radius 2 is 1.70 bits per heavy atom. The number of nitrogens with one attached hydrogen (secondary N) is 2. The van der Waals surface area contributed by atoms with Crippen LogP contribution in [-0.2, 0) is 15.1 Å². The Kier molecular flexibility index (Phi) is 4.85. The first-order chi connectivity index (χ1) is 12.8. The molecule has 1 saturated heterocycles. The number of imide groups is 1. The van der Waals surface area contributed by atoms with Gasteiger partial charge in [0.15, 0.2) is 0 Å². The summed E-state index contributed by atoms with van der Waals surface area (Å²) in [5.74, 6) is -0.884. The maximum Gasteiger partial charge on any atom is 0.325 e. The molecule has 3 rings (SSSR count). The zero-order valence-corrected chi connectivity index (χ0v) is 15.5. The molecule has 2 N–H and O–H groups in total. The maximum atomic E-state index is 12.8. The summed E-state index contributed by atoms with van der Waals surface area (Å²) < 4.78 is 0. The van der Waals surface area contributed by atoms with Gasteiger partial charge in [-0.1, -0.05) is 30.3 Å². The van der Waals surface area contributed by atoms with Gasteiger partial charge in [0.05, 0.1) is 0 Å². The molecular formula is C20H22N4O3. The summed E-state index contributed by atoms with van der Waals surface area (Å²) in [6.45, 7) is 1.29. The van der Waals surface area contributed by atoms with Gasteiger partial charge in [0.1, 0.15) is 12.1 Å². The average molecular weight is 366 g/mol. The fraction of sp³-hybridized carbons (Fsp3) is 0.250. The van der Waals surface area contributed by atoms with Gasteiger partial charge in [-0.2, -0.15) is 0 Å².